The Morgan fingerprint density at radius 3 is 2.65 bits per heavy atom. The van der Waals surface area contributed by atoms with E-state index in [1.807, 2.05) is 24.4 Å². The molecule has 23 heavy (non-hydrogen) atoms. The van der Waals surface area contributed by atoms with E-state index < -0.39 is 12.0 Å². The Bertz CT molecular complexity index is 837. The number of hydrogen-bond acceptors (Lipinski definition) is 2. The van der Waals surface area contributed by atoms with E-state index in [1.54, 1.807) is 0 Å². The minimum Gasteiger partial charge on any atom is -0.480 e. The van der Waals surface area contributed by atoms with E-state index in [0.717, 1.165) is 28.5 Å². The standard InChI is InChI=1S/C19H20N2O2/c1-12-7-14(8-13-5-3-2-4-6-13)9-16-15(11-21-18(12)16)10-17(20)19(22)23/h2-7,9,11,17,21H,8,10,20H2,1H3,(H,22,23). The number of fused-ring (bicyclic) bond motifs is 1. The highest BCUT2D eigenvalue weighted by Crippen LogP contribution is 2.25. The lowest BCUT2D eigenvalue weighted by molar-refractivity contribution is -0.138. The van der Waals surface area contributed by atoms with Crippen molar-refractivity contribution in [2.24, 2.45) is 5.73 Å². The molecule has 0 amide bonds. The van der Waals surface area contributed by atoms with Crippen LogP contribution in [0.3, 0.4) is 0 Å². The minimum atomic E-state index is -0.975. The zero-order valence-electron chi connectivity index (χ0n) is 13.0. The van der Waals surface area contributed by atoms with Crippen LogP contribution in [-0.4, -0.2) is 22.1 Å². The molecule has 0 fully saturated rings. The molecule has 1 atom stereocenters. The van der Waals surface area contributed by atoms with Crippen LogP contribution in [0.15, 0.2) is 48.7 Å². The molecular weight excluding hydrogens is 288 g/mol. The highest BCUT2D eigenvalue weighted by molar-refractivity contribution is 5.87. The molecule has 2 aromatic carbocycles. The van der Waals surface area contributed by atoms with Gasteiger partial charge in [-0.25, -0.2) is 0 Å². The quantitative estimate of drug-likeness (QED) is 0.678. The number of carboxylic acids is 1. The topological polar surface area (TPSA) is 79.1 Å². The number of hydrogen-bond donors (Lipinski definition) is 3. The number of rotatable bonds is 5. The highest BCUT2D eigenvalue weighted by atomic mass is 16.4. The summed E-state index contributed by atoms with van der Waals surface area (Å²) in [6.07, 6.45) is 3.05. The molecule has 0 saturated heterocycles. The van der Waals surface area contributed by atoms with Gasteiger partial charge in [-0.3, -0.25) is 4.79 Å². The second-order valence-corrected chi connectivity index (χ2v) is 5.96. The number of nitrogens with two attached hydrogens (primary N) is 1. The van der Waals surface area contributed by atoms with Crippen molar-refractivity contribution in [3.63, 3.8) is 0 Å². The van der Waals surface area contributed by atoms with Gasteiger partial charge in [0.2, 0.25) is 0 Å². The minimum absolute atomic E-state index is 0.323. The van der Waals surface area contributed by atoms with Crippen molar-refractivity contribution >= 4 is 16.9 Å². The summed E-state index contributed by atoms with van der Waals surface area (Å²) in [5.74, 6) is -0.975. The number of H-pyrrole nitrogens is 1. The zero-order chi connectivity index (χ0) is 16.4. The fourth-order valence-corrected chi connectivity index (χ4v) is 2.97. The third kappa shape index (κ3) is 3.27. The lowest BCUT2D eigenvalue weighted by atomic mass is 9.98. The molecule has 118 valence electrons. The molecule has 0 aliphatic rings. The summed E-state index contributed by atoms with van der Waals surface area (Å²) in [4.78, 5) is 14.2. The van der Waals surface area contributed by atoms with Gasteiger partial charge in [-0.2, -0.15) is 0 Å². The van der Waals surface area contributed by atoms with Gasteiger partial charge in [0.1, 0.15) is 6.04 Å². The molecule has 4 nitrogen and oxygen atoms in total. The zero-order valence-corrected chi connectivity index (χ0v) is 13.0. The molecule has 4 heteroatoms. The first-order chi connectivity index (χ1) is 11.0. The van der Waals surface area contributed by atoms with Gasteiger partial charge in [-0.05, 0) is 41.7 Å². The molecule has 1 aromatic heterocycles. The molecule has 0 saturated carbocycles. The maximum absolute atomic E-state index is 11.0. The number of aromatic nitrogens is 1. The number of carbonyl (C=O) groups is 1. The summed E-state index contributed by atoms with van der Waals surface area (Å²) < 4.78 is 0. The van der Waals surface area contributed by atoms with Crippen molar-refractivity contribution in [1.82, 2.24) is 4.98 Å². The summed E-state index contributed by atoms with van der Waals surface area (Å²) >= 11 is 0. The van der Waals surface area contributed by atoms with Crippen LogP contribution in [0.1, 0.15) is 22.3 Å². The van der Waals surface area contributed by atoms with E-state index >= 15 is 0 Å². The Morgan fingerprint density at radius 1 is 1.22 bits per heavy atom. The fraction of sp³-hybridized carbons (Fsp3) is 0.211. The van der Waals surface area contributed by atoms with Crippen molar-refractivity contribution in [2.45, 2.75) is 25.8 Å². The molecule has 3 rings (SSSR count). The van der Waals surface area contributed by atoms with E-state index in [1.165, 1.54) is 11.1 Å². The summed E-state index contributed by atoms with van der Waals surface area (Å²) in [6.45, 7) is 2.06. The Hall–Kier alpha value is -2.59. The SMILES string of the molecule is Cc1cc(Cc2ccccc2)cc2c(CC(N)C(=O)O)c[nH]c12. The molecule has 0 bridgehead atoms. The number of carboxylic acid groups (broad SMARTS) is 1. The van der Waals surface area contributed by atoms with E-state index in [0.29, 0.717) is 6.42 Å². The number of benzene rings is 2. The van der Waals surface area contributed by atoms with Gasteiger partial charge >= 0.3 is 5.97 Å². The Kier molecular flexibility index (Phi) is 4.17. The molecule has 0 radical (unpaired) electrons. The van der Waals surface area contributed by atoms with Crippen LogP contribution in [0.25, 0.3) is 10.9 Å². The fourth-order valence-electron chi connectivity index (χ4n) is 2.97. The van der Waals surface area contributed by atoms with Crippen LogP contribution >= 0.6 is 0 Å². The molecule has 1 heterocycles. The van der Waals surface area contributed by atoms with Gasteiger partial charge < -0.3 is 15.8 Å². The second-order valence-electron chi connectivity index (χ2n) is 5.96. The van der Waals surface area contributed by atoms with Gasteiger partial charge in [-0.1, -0.05) is 36.4 Å². The Morgan fingerprint density at radius 2 is 1.96 bits per heavy atom. The predicted octanol–water partition coefficient (Wildman–Crippen LogP) is 3.02. The summed E-state index contributed by atoms with van der Waals surface area (Å²) in [7, 11) is 0. The maximum atomic E-state index is 11.0. The number of aliphatic carboxylic acids is 1. The third-order valence-electron chi connectivity index (χ3n) is 4.14. The van der Waals surface area contributed by atoms with Crippen LogP contribution in [0.2, 0.25) is 0 Å². The smallest absolute Gasteiger partial charge is 0.320 e. The van der Waals surface area contributed by atoms with Gasteiger partial charge in [-0.15, -0.1) is 0 Å². The molecule has 0 aliphatic carbocycles. The summed E-state index contributed by atoms with van der Waals surface area (Å²) in [5, 5.41) is 10.1. The average molecular weight is 308 g/mol. The third-order valence-corrected chi connectivity index (χ3v) is 4.14. The lowest BCUT2D eigenvalue weighted by Crippen LogP contribution is -2.32. The Labute approximate surface area is 134 Å². The molecular formula is C19H20N2O2. The Balaban J connectivity index is 1.97. The van der Waals surface area contributed by atoms with E-state index in [-0.39, 0.29) is 0 Å². The van der Waals surface area contributed by atoms with Crippen LogP contribution in [-0.2, 0) is 17.6 Å². The second kappa shape index (κ2) is 6.26. The molecule has 4 N–H and O–H groups in total. The van der Waals surface area contributed by atoms with Crippen LogP contribution in [0, 0.1) is 6.92 Å². The first-order valence-corrected chi connectivity index (χ1v) is 7.66. The van der Waals surface area contributed by atoms with Crippen molar-refractivity contribution in [3.8, 4) is 0 Å². The number of aryl methyl sites for hydroxylation is 1. The normalized spacial score (nSPS) is 12.4. The first kappa shape index (κ1) is 15.3. The number of nitrogens with one attached hydrogen (secondary N) is 1. The van der Waals surface area contributed by atoms with Gasteiger partial charge in [0.05, 0.1) is 0 Å². The molecule has 0 aliphatic heterocycles. The molecule has 0 spiro atoms. The van der Waals surface area contributed by atoms with E-state index in [4.69, 9.17) is 10.8 Å². The van der Waals surface area contributed by atoms with E-state index in [2.05, 4.69) is 36.2 Å². The summed E-state index contributed by atoms with van der Waals surface area (Å²) in [5.41, 5.74) is 11.3. The maximum Gasteiger partial charge on any atom is 0.320 e. The summed E-state index contributed by atoms with van der Waals surface area (Å²) in [6, 6.07) is 13.7. The predicted molar refractivity (Wildman–Crippen MR) is 91.6 cm³/mol. The van der Waals surface area contributed by atoms with Crippen molar-refractivity contribution in [2.75, 3.05) is 0 Å². The first-order valence-electron chi connectivity index (χ1n) is 7.66. The largest absolute Gasteiger partial charge is 0.480 e. The lowest BCUT2D eigenvalue weighted by Gasteiger charge is -2.08. The van der Waals surface area contributed by atoms with Crippen LogP contribution in [0.4, 0.5) is 0 Å². The van der Waals surface area contributed by atoms with Gasteiger partial charge in [0.15, 0.2) is 0 Å². The monoisotopic (exact) mass is 308 g/mol. The van der Waals surface area contributed by atoms with Gasteiger partial charge in [0.25, 0.3) is 0 Å². The number of aromatic amines is 1. The molecule has 3 aromatic rings. The molecule has 1 unspecified atom stereocenters. The van der Waals surface area contributed by atoms with Gasteiger partial charge in [0, 0.05) is 23.5 Å². The van der Waals surface area contributed by atoms with E-state index in [9.17, 15) is 4.79 Å². The van der Waals surface area contributed by atoms with Crippen LogP contribution in [0.5, 0.6) is 0 Å². The average Bonchev–Trinajstić information content (AvgIpc) is 2.92. The van der Waals surface area contributed by atoms with Crippen molar-refractivity contribution in [3.05, 3.63) is 70.9 Å². The van der Waals surface area contributed by atoms with Crippen molar-refractivity contribution < 1.29 is 9.90 Å². The highest BCUT2D eigenvalue weighted by Gasteiger charge is 2.16. The van der Waals surface area contributed by atoms with Crippen LogP contribution < -0.4 is 5.73 Å². The van der Waals surface area contributed by atoms with Crippen molar-refractivity contribution in [1.29, 1.82) is 0 Å².